The lowest BCUT2D eigenvalue weighted by Crippen LogP contribution is -2.12. The largest absolute Gasteiger partial charge is 0.466 e. The minimum Gasteiger partial charge on any atom is -0.466 e. The highest BCUT2D eigenvalue weighted by Crippen LogP contribution is 2.20. The molecule has 2 aromatic carbocycles. The summed E-state index contributed by atoms with van der Waals surface area (Å²) in [6, 6.07) is 15.6. The van der Waals surface area contributed by atoms with Crippen molar-refractivity contribution in [2.75, 3.05) is 6.61 Å². The Labute approximate surface area is 123 Å². The van der Waals surface area contributed by atoms with E-state index >= 15 is 0 Å². The van der Waals surface area contributed by atoms with Crippen molar-refractivity contribution in [3.05, 3.63) is 65.7 Å². The van der Waals surface area contributed by atoms with Crippen LogP contribution in [0.3, 0.4) is 0 Å². The van der Waals surface area contributed by atoms with E-state index in [9.17, 15) is 9.59 Å². The summed E-state index contributed by atoms with van der Waals surface area (Å²) in [6.07, 6.45) is 0.0755. The highest BCUT2D eigenvalue weighted by molar-refractivity contribution is 5.91. The summed E-state index contributed by atoms with van der Waals surface area (Å²) in [5.41, 5.74) is 1.09. The Kier molecular flexibility index (Phi) is 5.10. The third-order valence-corrected chi connectivity index (χ3v) is 2.82. The van der Waals surface area contributed by atoms with Crippen molar-refractivity contribution in [3.63, 3.8) is 0 Å². The van der Waals surface area contributed by atoms with Gasteiger partial charge in [0.2, 0.25) is 0 Å². The lowest BCUT2D eigenvalue weighted by atomic mass is 10.1. The number of ether oxygens (including phenoxy) is 2. The molecule has 0 atom stereocenters. The molecule has 0 unspecified atom stereocenters. The van der Waals surface area contributed by atoms with Crippen LogP contribution < -0.4 is 4.74 Å². The number of hydrogen-bond donors (Lipinski definition) is 0. The van der Waals surface area contributed by atoms with Crippen molar-refractivity contribution in [2.45, 2.75) is 13.3 Å². The SMILES string of the molecule is CCOC(=O)Cc1ccccc1OC(=O)c1ccccc1. The monoisotopic (exact) mass is 284 g/mol. The van der Waals surface area contributed by atoms with E-state index in [1.165, 1.54) is 0 Å². The minimum absolute atomic E-state index is 0.0755. The Balaban J connectivity index is 2.13. The zero-order valence-corrected chi connectivity index (χ0v) is 11.7. The average Bonchev–Trinajstić information content (AvgIpc) is 2.50. The van der Waals surface area contributed by atoms with E-state index in [2.05, 4.69) is 0 Å². The summed E-state index contributed by atoms with van der Waals surface area (Å²) in [5, 5.41) is 0. The van der Waals surface area contributed by atoms with Crippen molar-refractivity contribution < 1.29 is 19.1 Å². The number of rotatable bonds is 5. The number of para-hydroxylation sites is 1. The summed E-state index contributed by atoms with van der Waals surface area (Å²) in [6.45, 7) is 2.07. The third-order valence-electron chi connectivity index (χ3n) is 2.82. The summed E-state index contributed by atoms with van der Waals surface area (Å²) in [5.74, 6) is -0.424. The average molecular weight is 284 g/mol. The second kappa shape index (κ2) is 7.24. The Morgan fingerprint density at radius 2 is 1.62 bits per heavy atom. The van der Waals surface area contributed by atoms with E-state index in [0.717, 1.165) is 0 Å². The summed E-state index contributed by atoms with van der Waals surface area (Å²) in [4.78, 5) is 23.6. The fourth-order valence-electron chi connectivity index (χ4n) is 1.85. The van der Waals surface area contributed by atoms with Gasteiger partial charge in [-0.1, -0.05) is 36.4 Å². The summed E-state index contributed by atoms with van der Waals surface area (Å²) < 4.78 is 10.3. The van der Waals surface area contributed by atoms with Gasteiger partial charge in [0.05, 0.1) is 18.6 Å². The van der Waals surface area contributed by atoms with Crippen molar-refractivity contribution in [1.82, 2.24) is 0 Å². The van der Waals surface area contributed by atoms with Crippen LogP contribution in [0.1, 0.15) is 22.8 Å². The molecule has 0 aliphatic heterocycles. The number of esters is 2. The lowest BCUT2D eigenvalue weighted by molar-refractivity contribution is -0.142. The highest BCUT2D eigenvalue weighted by atomic mass is 16.5. The summed E-state index contributed by atoms with van der Waals surface area (Å²) in [7, 11) is 0. The lowest BCUT2D eigenvalue weighted by Gasteiger charge is -2.09. The highest BCUT2D eigenvalue weighted by Gasteiger charge is 2.13. The van der Waals surface area contributed by atoms with Crippen LogP contribution in [0, 0.1) is 0 Å². The zero-order chi connectivity index (χ0) is 15.1. The standard InChI is InChI=1S/C17H16O4/c1-2-20-16(18)12-14-10-6-7-11-15(14)21-17(19)13-8-4-3-5-9-13/h3-11H,2,12H2,1H3. The van der Waals surface area contributed by atoms with Gasteiger partial charge in [-0.2, -0.15) is 0 Å². The molecule has 0 N–H and O–H groups in total. The van der Waals surface area contributed by atoms with E-state index in [-0.39, 0.29) is 12.4 Å². The molecule has 0 aliphatic rings. The van der Waals surface area contributed by atoms with Crippen LogP contribution in [0.2, 0.25) is 0 Å². The molecule has 0 spiro atoms. The maximum atomic E-state index is 12.0. The topological polar surface area (TPSA) is 52.6 Å². The van der Waals surface area contributed by atoms with E-state index in [4.69, 9.17) is 9.47 Å². The van der Waals surface area contributed by atoms with Gasteiger partial charge >= 0.3 is 11.9 Å². The zero-order valence-electron chi connectivity index (χ0n) is 11.7. The van der Waals surface area contributed by atoms with E-state index in [0.29, 0.717) is 23.5 Å². The molecule has 0 bridgehead atoms. The number of hydrogen-bond acceptors (Lipinski definition) is 4. The molecular weight excluding hydrogens is 268 g/mol. The normalized spacial score (nSPS) is 9.95. The molecule has 0 saturated carbocycles. The Bertz CT molecular complexity index is 620. The van der Waals surface area contributed by atoms with Crippen LogP contribution in [0.4, 0.5) is 0 Å². The maximum absolute atomic E-state index is 12.0. The van der Waals surface area contributed by atoms with E-state index < -0.39 is 5.97 Å². The second-order valence-electron chi connectivity index (χ2n) is 4.35. The van der Waals surface area contributed by atoms with Crippen molar-refractivity contribution in [2.24, 2.45) is 0 Å². The Hall–Kier alpha value is -2.62. The Morgan fingerprint density at radius 3 is 2.33 bits per heavy atom. The first kappa shape index (κ1) is 14.8. The van der Waals surface area contributed by atoms with Crippen molar-refractivity contribution >= 4 is 11.9 Å². The predicted molar refractivity (Wildman–Crippen MR) is 78.2 cm³/mol. The molecule has 4 nitrogen and oxygen atoms in total. The van der Waals surface area contributed by atoms with Crippen LogP contribution in [-0.4, -0.2) is 18.5 Å². The van der Waals surface area contributed by atoms with Crippen LogP contribution >= 0.6 is 0 Å². The van der Waals surface area contributed by atoms with Crippen molar-refractivity contribution in [3.8, 4) is 5.75 Å². The van der Waals surface area contributed by atoms with Gasteiger partial charge in [-0.05, 0) is 25.1 Å². The molecule has 0 fully saturated rings. The van der Waals surface area contributed by atoms with E-state index in [1.54, 1.807) is 55.5 Å². The van der Waals surface area contributed by atoms with Crippen LogP contribution in [0.25, 0.3) is 0 Å². The van der Waals surface area contributed by atoms with Gasteiger partial charge in [0, 0.05) is 5.56 Å². The van der Waals surface area contributed by atoms with E-state index in [1.807, 2.05) is 6.07 Å². The van der Waals surface area contributed by atoms with Gasteiger partial charge in [0.1, 0.15) is 5.75 Å². The predicted octanol–water partition coefficient (Wildman–Crippen LogP) is 3.01. The Morgan fingerprint density at radius 1 is 0.952 bits per heavy atom. The molecule has 21 heavy (non-hydrogen) atoms. The van der Waals surface area contributed by atoms with Gasteiger partial charge in [0.25, 0.3) is 0 Å². The van der Waals surface area contributed by atoms with Crippen molar-refractivity contribution in [1.29, 1.82) is 0 Å². The molecule has 0 radical (unpaired) electrons. The fraction of sp³-hybridized carbons (Fsp3) is 0.176. The number of carbonyl (C=O) groups is 2. The first-order chi connectivity index (χ1) is 10.2. The first-order valence-corrected chi connectivity index (χ1v) is 6.71. The molecule has 2 aromatic rings. The molecule has 0 amide bonds. The molecule has 4 heteroatoms. The fourth-order valence-corrected chi connectivity index (χ4v) is 1.85. The molecule has 0 aliphatic carbocycles. The quantitative estimate of drug-likeness (QED) is 0.625. The molecule has 0 heterocycles. The van der Waals surface area contributed by atoms with Crippen LogP contribution in [0.15, 0.2) is 54.6 Å². The summed E-state index contributed by atoms with van der Waals surface area (Å²) >= 11 is 0. The molecule has 2 rings (SSSR count). The molecule has 0 saturated heterocycles. The smallest absolute Gasteiger partial charge is 0.343 e. The number of carbonyl (C=O) groups excluding carboxylic acids is 2. The molecule has 108 valence electrons. The van der Waals surface area contributed by atoms with Gasteiger partial charge < -0.3 is 9.47 Å². The van der Waals surface area contributed by atoms with Gasteiger partial charge in [-0.15, -0.1) is 0 Å². The van der Waals surface area contributed by atoms with Gasteiger partial charge in [0.15, 0.2) is 0 Å². The minimum atomic E-state index is -0.452. The van der Waals surface area contributed by atoms with Crippen LogP contribution in [-0.2, 0) is 16.0 Å². The first-order valence-electron chi connectivity index (χ1n) is 6.71. The second-order valence-corrected chi connectivity index (χ2v) is 4.35. The van der Waals surface area contributed by atoms with Gasteiger partial charge in [-0.3, -0.25) is 4.79 Å². The third kappa shape index (κ3) is 4.18. The van der Waals surface area contributed by atoms with Gasteiger partial charge in [-0.25, -0.2) is 4.79 Å². The number of benzene rings is 2. The van der Waals surface area contributed by atoms with Crippen LogP contribution in [0.5, 0.6) is 5.75 Å². The molecule has 0 aromatic heterocycles. The maximum Gasteiger partial charge on any atom is 0.343 e. The molecular formula is C17H16O4.